The molecule has 4 rings (SSSR count). The third-order valence-electron chi connectivity index (χ3n) is 4.65. The number of carbonyl (C=O) groups excluding carboxylic acids is 1. The van der Waals surface area contributed by atoms with Gasteiger partial charge in [-0.25, -0.2) is 14.4 Å². The van der Waals surface area contributed by atoms with Gasteiger partial charge in [0.15, 0.2) is 0 Å². The summed E-state index contributed by atoms with van der Waals surface area (Å²) in [5, 5.41) is 8.01. The quantitative estimate of drug-likeness (QED) is 0.777. The Morgan fingerprint density at radius 1 is 1.23 bits per heavy atom. The minimum absolute atomic E-state index is 0.103. The standard InChI is InChI=1S/C18H19FN6O/c1-24-7-6-15(23-24)18(26)22-13-4-8-25(9-5-13)17-14-3-2-12(19)10-16(14)20-11-21-17/h2-3,6-7,10-11,13H,4-5,8-9H2,1H3,(H,22,26). The Bertz CT molecular complexity index is 948. The fourth-order valence-electron chi connectivity index (χ4n) is 3.30. The van der Waals surface area contributed by atoms with Crippen molar-refractivity contribution in [3.8, 4) is 0 Å². The maximum atomic E-state index is 13.4. The number of fused-ring (bicyclic) bond motifs is 1. The van der Waals surface area contributed by atoms with Gasteiger partial charge in [-0.15, -0.1) is 0 Å². The van der Waals surface area contributed by atoms with Crippen molar-refractivity contribution in [1.82, 2.24) is 25.1 Å². The van der Waals surface area contributed by atoms with Gasteiger partial charge in [-0.3, -0.25) is 9.48 Å². The van der Waals surface area contributed by atoms with Crippen LogP contribution in [-0.2, 0) is 7.05 Å². The van der Waals surface area contributed by atoms with E-state index in [0.717, 1.165) is 37.1 Å². The molecule has 0 bridgehead atoms. The second-order valence-corrected chi connectivity index (χ2v) is 6.47. The summed E-state index contributed by atoms with van der Waals surface area (Å²) in [5.74, 6) is 0.356. The Kier molecular flexibility index (Phi) is 4.24. The van der Waals surface area contributed by atoms with Crippen molar-refractivity contribution < 1.29 is 9.18 Å². The molecule has 1 fully saturated rings. The minimum atomic E-state index is -0.307. The van der Waals surface area contributed by atoms with Gasteiger partial charge in [0.1, 0.15) is 23.7 Å². The summed E-state index contributed by atoms with van der Waals surface area (Å²) in [7, 11) is 1.78. The average Bonchev–Trinajstić information content (AvgIpc) is 3.08. The van der Waals surface area contributed by atoms with Crippen LogP contribution < -0.4 is 10.2 Å². The molecule has 0 spiro atoms. The van der Waals surface area contributed by atoms with Gasteiger partial charge in [0.25, 0.3) is 5.91 Å². The molecule has 1 saturated heterocycles. The van der Waals surface area contributed by atoms with Gasteiger partial charge in [0.05, 0.1) is 5.52 Å². The van der Waals surface area contributed by atoms with Gasteiger partial charge in [-0.05, 0) is 31.0 Å². The second kappa shape index (κ2) is 6.70. The lowest BCUT2D eigenvalue weighted by Gasteiger charge is -2.33. The van der Waals surface area contributed by atoms with Crippen LogP contribution in [0.4, 0.5) is 10.2 Å². The van der Waals surface area contributed by atoms with Crippen molar-refractivity contribution >= 4 is 22.6 Å². The van der Waals surface area contributed by atoms with Crippen LogP contribution in [0.3, 0.4) is 0 Å². The van der Waals surface area contributed by atoms with Crippen LogP contribution in [0.1, 0.15) is 23.3 Å². The Morgan fingerprint density at radius 3 is 2.77 bits per heavy atom. The first-order chi connectivity index (χ1) is 12.6. The number of aromatic nitrogens is 4. The highest BCUT2D eigenvalue weighted by molar-refractivity contribution is 5.92. The first kappa shape index (κ1) is 16.4. The van der Waals surface area contributed by atoms with Gasteiger partial charge in [0.2, 0.25) is 0 Å². The molecule has 7 nitrogen and oxygen atoms in total. The van der Waals surface area contributed by atoms with E-state index in [1.54, 1.807) is 30.1 Å². The molecule has 8 heteroatoms. The predicted octanol–water partition coefficient (Wildman–Crippen LogP) is 1.90. The average molecular weight is 354 g/mol. The number of hydrogen-bond acceptors (Lipinski definition) is 5. The van der Waals surface area contributed by atoms with Crippen LogP contribution >= 0.6 is 0 Å². The third kappa shape index (κ3) is 3.22. The highest BCUT2D eigenvalue weighted by Gasteiger charge is 2.23. The van der Waals surface area contributed by atoms with Crippen molar-refractivity contribution in [3.05, 3.63) is 48.3 Å². The molecule has 1 aliphatic rings. The number of piperidine rings is 1. The van der Waals surface area contributed by atoms with E-state index in [1.165, 1.54) is 18.5 Å². The number of anilines is 1. The number of hydrogen-bond donors (Lipinski definition) is 1. The highest BCUT2D eigenvalue weighted by atomic mass is 19.1. The third-order valence-corrected chi connectivity index (χ3v) is 4.65. The summed E-state index contributed by atoms with van der Waals surface area (Å²) in [6.45, 7) is 1.52. The molecular formula is C18H19FN6O. The molecule has 3 heterocycles. The van der Waals surface area contributed by atoms with Crippen LogP contribution in [0.5, 0.6) is 0 Å². The van der Waals surface area contributed by atoms with Crippen molar-refractivity contribution in [2.45, 2.75) is 18.9 Å². The molecule has 1 aliphatic heterocycles. The van der Waals surface area contributed by atoms with Crippen molar-refractivity contribution in [2.24, 2.45) is 7.05 Å². The number of benzene rings is 1. The van der Waals surface area contributed by atoms with E-state index in [-0.39, 0.29) is 17.8 Å². The van der Waals surface area contributed by atoms with E-state index < -0.39 is 0 Å². The van der Waals surface area contributed by atoms with Crippen LogP contribution in [0, 0.1) is 5.82 Å². The molecule has 26 heavy (non-hydrogen) atoms. The summed E-state index contributed by atoms with van der Waals surface area (Å²) in [5.41, 5.74) is 1.03. The number of carbonyl (C=O) groups is 1. The molecule has 134 valence electrons. The summed E-state index contributed by atoms with van der Waals surface area (Å²) in [6, 6.07) is 6.37. The monoisotopic (exact) mass is 354 g/mol. The Balaban J connectivity index is 1.43. The summed E-state index contributed by atoms with van der Waals surface area (Å²) < 4.78 is 15.0. The van der Waals surface area contributed by atoms with Crippen molar-refractivity contribution in [2.75, 3.05) is 18.0 Å². The lowest BCUT2D eigenvalue weighted by molar-refractivity contribution is 0.0925. The smallest absolute Gasteiger partial charge is 0.271 e. The fraction of sp³-hybridized carbons (Fsp3) is 0.333. The summed E-state index contributed by atoms with van der Waals surface area (Å²) in [6.07, 6.45) is 4.84. The van der Waals surface area contributed by atoms with Crippen LogP contribution in [-0.4, -0.2) is 44.8 Å². The van der Waals surface area contributed by atoms with Crippen molar-refractivity contribution in [3.63, 3.8) is 0 Å². The number of nitrogens with zero attached hydrogens (tertiary/aromatic N) is 5. The maximum absolute atomic E-state index is 13.4. The molecule has 0 atom stereocenters. The van der Waals surface area contributed by atoms with E-state index in [9.17, 15) is 9.18 Å². The Morgan fingerprint density at radius 2 is 2.04 bits per heavy atom. The molecule has 2 aromatic heterocycles. The summed E-state index contributed by atoms with van der Waals surface area (Å²) in [4.78, 5) is 22.9. The van der Waals surface area contributed by atoms with E-state index in [1.807, 2.05) is 0 Å². The normalized spacial score (nSPS) is 15.4. The first-order valence-electron chi connectivity index (χ1n) is 8.56. The highest BCUT2D eigenvalue weighted by Crippen LogP contribution is 2.26. The minimum Gasteiger partial charge on any atom is -0.356 e. The number of rotatable bonds is 3. The zero-order chi connectivity index (χ0) is 18.1. The number of nitrogens with one attached hydrogen (secondary N) is 1. The van der Waals surface area contributed by atoms with Gasteiger partial charge in [-0.1, -0.05) is 0 Å². The zero-order valence-electron chi connectivity index (χ0n) is 14.4. The second-order valence-electron chi connectivity index (χ2n) is 6.47. The lowest BCUT2D eigenvalue weighted by Crippen LogP contribution is -2.45. The molecule has 1 aromatic carbocycles. The maximum Gasteiger partial charge on any atom is 0.271 e. The number of amides is 1. The fourth-order valence-corrected chi connectivity index (χ4v) is 3.30. The largest absolute Gasteiger partial charge is 0.356 e. The Labute approximate surface area is 149 Å². The van der Waals surface area contributed by atoms with Gasteiger partial charge in [0, 0.05) is 43.8 Å². The van der Waals surface area contributed by atoms with E-state index >= 15 is 0 Å². The Hall–Kier alpha value is -3.03. The van der Waals surface area contributed by atoms with E-state index in [0.29, 0.717) is 11.2 Å². The first-order valence-corrected chi connectivity index (χ1v) is 8.56. The molecule has 0 radical (unpaired) electrons. The van der Waals surface area contributed by atoms with Gasteiger partial charge in [-0.2, -0.15) is 5.10 Å². The van der Waals surface area contributed by atoms with Crippen molar-refractivity contribution in [1.29, 1.82) is 0 Å². The van der Waals surface area contributed by atoms with Gasteiger partial charge < -0.3 is 10.2 Å². The zero-order valence-corrected chi connectivity index (χ0v) is 14.4. The molecule has 0 aliphatic carbocycles. The number of aryl methyl sites for hydroxylation is 1. The molecular weight excluding hydrogens is 335 g/mol. The van der Waals surface area contributed by atoms with E-state index in [4.69, 9.17) is 0 Å². The molecule has 0 unspecified atom stereocenters. The van der Waals surface area contributed by atoms with Gasteiger partial charge >= 0.3 is 0 Å². The lowest BCUT2D eigenvalue weighted by atomic mass is 10.0. The van der Waals surface area contributed by atoms with Crippen LogP contribution in [0.2, 0.25) is 0 Å². The van der Waals surface area contributed by atoms with E-state index in [2.05, 4.69) is 25.3 Å². The SMILES string of the molecule is Cn1ccc(C(=O)NC2CCN(c3ncnc4cc(F)ccc34)CC2)n1. The molecule has 1 amide bonds. The molecule has 1 N–H and O–H groups in total. The summed E-state index contributed by atoms with van der Waals surface area (Å²) >= 11 is 0. The number of halogens is 1. The molecule has 0 saturated carbocycles. The van der Waals surface area contributed by atoms with Crippen LogP contribution in [0.25, 0.3) is 10.9 Å². The topological polar surface area (TPSA) is 75.9 Å². The molecule has 3 aromatic rings. The predicted molar refractivity (Wildman–Crippen MR) is 95.4 cm³/mol. The van der Waals surface area contributed by atoms with Crippen LogP contribution in [0.15, 0.2) is 36.8 Å².